The van der Waals surface area contributed by atoms with E-state index in [2.05, 4.69) is 10.6 Å². The molecule has 1 aromatic carbocycles. The fraction of sp³-hybridized carbons (Fsp3) is 0.429. The largest absolute Gasteiger partial charge is 0.493 e. The van der Waals surface area contributed by atoms with E-state index >= 15 is 0 Å². The second kappa shape index (κ2) is 7.37. The van der Waals surface area contributed by atoms with Crippen molar-refractivity contribution in [2.45, 2.75) is 19.9 Å². The van der Waals surface area contributed by atoms with Crippen LogP contribution in [0.2, 0.25) is 0 Å². The van der Waals surface area contributed by atoms with Gasteiger partial charge in [-0.05, 0) is 26.0 Å². The van der Waals surface area contributed by atoms with E-state index in [9.17, 15) is 9.59 Å². The van der Waals surface area contributed by atoms with Crippen molar-refractivity contribution in [3.05, 3.63) is 23.8 Å². The van der Waals surface area contributed by atoms with Crippen molar-refractivity contribution in [1.82, 2.24) is 10.6 Å². The molecule has 0 aliphatic heterocycles. The lowest BCUT2D eigenvalue weighted by Crippen LogP contribution is -2.39. The third-order valence-corrected chi connectivity index (χ3v) is 2.51. The smallest absolute Gasteiger partial charge is 0.255 e. The molecule has 0 aliphatic carbocycles. The number of ether oxygens (including phenoxy) is 2. The summed E-state index contributed by atoms with van der Waals surface area (Å²) in [4.78, 5) is 23.5. The molecule has 0 saturated heterocycles. The number of amides is 2. The van der Waals surface area contributed by atoms with Gasteiger partial charge >= 0.3 is 0 Å². The summed E-state index contributed by atoms with van der Waals surface area (Å²) >= 11 is 0. The SMILES string of the molecule is COc1cccc(C(=O)NCC(=O)NC(C)C)c1OC. The minimum Gasteiger partial charge on any atom is -0.493 e. The molecule has 0 fully saturated rings. The van der Waals surface area contributed by atoms with Gasteiger partial charge in [0.25, 0.3) is 5.91 Å². The van der Waals surface area contributed by atoms with Crippen molar-refractivity contribution >= 4 is 11.8 Å². The highest BCUT2D eigenvalue weighted by Crippen LogP contribution is 2.30. The molecule has 20 heavy (non-hydrogen) atoms. The molecule has 0 bridgehead atoms. The molecule has 1 rings (SSSR count). The van der Waals surface area contributed by atoms with E-state index in [0.717, 1.165) is 0 Å². The fourth-order valence-electron chi connectivity index (χ4n) is 1.69. The Balaban J connectivity index is 2.75. The number of carbonyl (C=O) groups is 2. The van der Waals surface area contributed by atoms with E-state index in [1.54, 1.807) is 18.2 Å². The molecule has 0 aliphatic rings. The summed E-state index contributed by atoms with van der Waals surface area (Å²) in [6.07, 6.45) is 0. The van der Waals surface area contributed by atoms with Gasteiger partial charge in [0.2, 0.25) is 5.91 Å². The average molecular weight is 280 g/mol. The zero-order valence-corrected chi connectivity index (χ0v) is 12.1. The van der Waals surface area contributed by atoms with Gasteiger partial charge in [0.1, 0.15) is 0 Å². The molecule has 6 heteroatoms. The molecule has 0 unspecified atom stereocenters. The number of benzene rings is 1. The van der Waals surface area contributed by atoms with Gasteiger partial charge in [0.15, 0.2) is 11.5 Å². The zero-order valence-electron chi connectivity index (χ0n) is 12.1. The number of methoxy groups -OCH3 is 2. The maximum Gasteiger partial charge on any atom is 0.255 e. The first kappa shape index (κ1) is 15.8. The van der Waals surface area contributed by atoms with E-state index in [-0.39, 0.29) is 24.4 Å². The van der Waals surface area contributed by atoms with Gasteiger partial charge in [-0.15, -0.1) is 0 Å². The number of nitrogens with one attached hydrogen (secondary N) is 2. The summed E-state index contributed by atoms with van der Waals surface area (Å²) in [7, 11) is 2.95. The van der Waals surface area contributed by atoms with Crippen LogP contribution in [-0.2, 0) is 4.79 Å². The Morgan fingerprint density at radius 1 is 1.20 bits per heavy atom. The highest BCUT2D eigenvalue weighted by Gasteiger charge is 2.16. The predicted molar refractivity (Wildman–Crippen MR) is 75.2 cm³/mol. The third-order valence-electron chi connectivity index (χ3n) is 2.51. The standard InChI is InChI=1S/C14H20N2O4/c1-9(2)16-12(17)8-15-14(18)10-6-5-7-11(19-3)13(10)20-4/h5-7,9H,8H2,1-4H3,(H,15,18)(H,16,17). The van der Waals surface area contributed by atoms with Gasteiger partial charge in [0.05, 0.1) is 26.3 Å². The molecule has 2 N–H and O–H groups in total. The molecule has 2 amide bonds. The summed E-state index contributed by atoms with van der Waals surface area (Å²) in [5.41, 5.74) is 0.323. The second-order valence-electron chi connectivity index (χ2n) is 4.45. The second-order valence-corrected chi connectivity index (χ2v) is 4.45. The number of hydrogen-bond donors (Lipinski definition) is 2. The van der Waals surface area contributed by atoms with Gasteiger partial charge in [-0.2, -0.15) is 0 Å². The molecule has 0 spiro atoms. The molecule has 0 heterocycles. The highest BCUT2D eigenvalue weighted by molar-refractivity contribution is 5.99. The van der Waals surface area contributed by atoms with Crippen LogP contribution in [0.1, 0.15) is 24.2 Å². The number of para-hydroxylation sites is 1. The van der Waals surface area contributed by atoms with E-state index in [0.29, 0.717) is 17.1 Å². The number of rotatable bonds is 6. The van der Waals surface area contributed by atoms with Crippen LogP contribution in [0.25, 0.3) is 0 Å². The van der Waals surface area contributed by atoms with Gasteiger partial charge in [-0.1, -0.05) is 6.07 Å². The first-order chi connectivity index (χ1) is 9.49. The highest BCUT2D eigenvalue weighted by atomic mass is 16.5. The topological polar surface area (TPSA) is 76.7 Å². The van der Waals surface area contributed by atoms with Crippen LogP contribution in [0.15, 0.2) is 18.2 Å². The van der Waals surface area contributed by atoms with E-state index < -0.39 is 0 Å². The summed E-state index contributed by atoms with van der Waals surface area (Å²) in [5, 5.41) is 5.23. The fourth-order valence-corrected chi connectivity index (χ4v) is 1.69. The van der Waals surface area contributed by atoms with Crippen LogP contribution in [0.3, 0.4) is 0 Å². The first-order valence-corrected chi connectivity index (χ1v) is 6.28. The van der Waals surface area contributed by atoms with E-state index in [1.165, 1.54) is 14.2 Å². The Kier molecular flexibility index (Phi) is 5.83. The van der Waals surface area contributed by atoms with Crippen molar-refractivity contribution in [3.63, 3.8) is 0 Å². The molecular weight excluding hydrogens is 260 g/mol. The van der Waals surface area contributed by atoms with Crippen LogP contribution < -0.4 is 20.1 Å². The van der Waals surface area contributed by atoms with Gasteiger partial charge in [-0.3, -0.25) is 9.59 Å². The van der Waals surface area contributed by atoms with Crippen LogP contribution in [0, 0.1) is 0 Å². The predicted octanol–water partition coefficient (Wildman–Crippen LogP) is 0.958. The van der Waals surface area contributed by atoms with Crippen molar-refractivity contribution < 1.29 is 19.1 Å². The molecule has 0 radical (unpaired) electrons. The summed E-state index contributed by atoms with van der Waals surface area (Å²) in [6.45, 7) is 3.62. The monoisotopic (exact) mass is 280 g/mol. The van der Waals surface area contributed by atoms with Crippen LogP contribution in [0.4, 0.5) is 0 Å². The van der Waals surface area contributed by atoms with Gasteiger partial charge < -0.3 is 20.1 Å². The van der Waals surface area contributed by atoms with Gasteiger partial charge in [0, 0.05) is 6.04 Å². The minimum atomic E-state index is -0.389. The molecule has 0 saturated carbocycles. The van der Waals surface area contributed by atoms with Gasteiger partial charge in [-0.25, -0.2) is 0 Å². The average Bonchev–Trinajstić information content (AvgIpc) is 2.42. The summed E-state index contributed by atoms with van der Waals surface area (Å²) in [5.74, 6) is 0.179. The third kappa shape index (κ3) is 4.15. The maximum atomic E-state index is 12.1. The zero-order chi connectivity index (χ0) is 15.1. The lowest BCUT2D eigenvalue weighted by molar-refractivity contribution is -0.120. The first-order valence-electron chi connectivity index (χ1n) is 6.28. The van der Waals surface area contributed by atoms with Crippen LogP contribution in [-0.4, -0.2) is 38.6 Å². The summed E-state index contributed by atoms with van der Waals surface area (Å²) < 4.78 is 10.3. The van der Waals surface area contributed by atoms with Crippen molar-refractivity contribution in [2.24, 2.45) is 0 Å². The lowest BCUT2D eigenvalue weighted by atomic mass is 10.1. The Morgan fingerprint density at radius 3 is 2.45 bits per heavy atom. The summed E-state index contributed by atoms with van der Waals surface area (Å²) in [6, 6.07) is 5.02. The number of carbonyl (C=O) groups excluding carboxylic acids is 2. The normalized spacial score (nSPS) is 10.1. The molecule has 0 aromatic heterocycles. The maximum absolute atomic E-state index is 12.1. The molecule has 6 nitrogen and oxygen atoms in total. The van der Waals surface area contributed by atoms with E-state index in [1.807, 2.05) is 13.8 Å². The van der Waals surface area contributed by atoms with Crippen molar-refractivity contribution in [1.29, 1.82) is 0 Å². The Morgan fingerprint density at radius 2 is 1.90 bits per heavy atom. The quantitative estimate of drug-likeness (QED) is 0.813. The van der Waals surface area contributed by atoms with Crippen molar-refractivity contribution in [2.75, 3.05) is 20.8 Å². The molecule has 110 valence electrons. The Bertz CT molecular complexity index is 486. The van der Waals surface area contributed by atoms with E-state index in [4.69, 9.17) is 9.47 Å². The minimum absolute atomic E-state index is 0.0331. The number of hydrogen-bond acceptors (Lipinski definition) is 4. The van der Waals surface area contributed by atoms with Crippen LogP contribution in [0.5, 0.6) is 11.5 Å². The Labute approximate surface area is 118 Å². The lowest BCUT2D eigenvalue weighted by Gasteiger charge is -2.13. The molecule has 1 aromatic rings. The molecular formula is C14H20N2O4. The van der Waals surface area contributed by atoms with Crippen LogP contribution >= 0.6 is 0 Å². The molecule has 0 atom stereocenters. The Hall–Kier alpha value is -2.24. The van der Waals surface area contributed by atoms with Crippen molar-refractivity contribution in [3.8, 4) is 11.5 Å².